The highest BCUT2D eigenvalue weighted by molar-refractivity contribution is 6.37. The van der Waals surface area contributed by atoms with Crippen LogP contribution in [0.3, 0.4) is 0 Å². The third kappa shape index (κ3) is 7.42. The predicted octanol–water partition coefficient (Wildman–Crippen LogP) is 6.71. The van der Waals surface area contributed by atoms with Gasteiger partial charge >= 0.3 is 11.9 Å². The molecule has 5 N–H and O–H groups in total. The number of nitrogens with zero attached hydrogens (tertiary/aromatic N) is 2. The van der Waals surface area contributed by atoms with Crippen LogP contribution in [0.25, 0.3) is 22.5 Å². The van der Waals surface area contributed by atoms with Crippen LogP contribution in [-0.4, -0.2) is 54.0 Å². The topological polar surface area (TPSA) is 178 Å². The average Bonchev–Trinajstić information content (AvgIpc) is 3.64. The first kappa shape index (κ1) is 30.9. The van der Waals surface area contributed by atoms with Crippen molar-refractivity contribution in [3.05, 3.63) is 72.6 Å². The number of hydrogen-bond acceptors (Lipinski definition) is 8. The summed E-state index contributed by atoms with van der Waals surface area (Å²) in [4.78, 5) is 38.9. The van der Waals surface area contributed by atoms with Gasteiger partial charge in [-0.3, -0.25) is 10.8 Å². The number of esters is 1. The SMILES string of the molecule is CCC(C(=N)C(=O)O)c1ncc(-c2ccc(Oc3cccc(-c4cnc(C(CC)C(=N)C(=O)OC(C)(C)C)[nH]4)c3)cc2)[nH]1. The van der Waals surface area contributed by atoms with Crippen molar-refractivity contribution in [2.24, 2.45) is 0 Å². The average molecular weight is 585 g/mol. The number of rotatable bonds is 12. The first-order valence-electron chi connectivity index (χ1n) is 14.0. The van der Waals surface area contributed by atoms with E-state index in [4.69, 9.17) is 20.3 Å². The lowest BCUT2D eigenvalue weighted by Crippen LogP contribution is -2.31. The summed E-state index contributed by atoms with van der Waals surface area (Å²) in [7, 11) is 0. The zero-order chi connectivity index (χ0) is 31.3. The molecule has 0 bridgehead atoms. The van der Waals surface area contributed by atoms with Gasteiger partial charge < -0.3 is 24.5 Å². The van der Waals surface area contributed by atoms with Gasteiger partial charge in [-0.2, -0.15) is 0 Å². The molecule has 0 aliphatic carbocycles. The summed E-state index contributed by atoms with van der Waals surface area (Å²) in [6, 6.07) is 14.9. The number of carboxylic acids is 1. The second-order valence-electron chi connectivity index (χ2n) is 11.1. The van der Waals surface area contributed by atoms with Crippen molar-refractivity contribution in [2.75, 3.05) is 0 Å². The number of imidazole rings is 2. The third-order valence-electron chi connectivity index (χ3n) is 6.76. The first-order valence-corrected chi connectivity index (χ1v) is 14.0. The maximum Gasteiger partial charge on any atom is 0.353 e. The Hall–Kier alpha value is -5.06. The number of aliphatic carboxylic acids is 1. The molecule has 0 spiro atoms. The Morgan fingerprint density at radius 3 is 1.93 bits per heavy atom. The van der Waals surface area contributed by atoms with E-state index in [2.05, 4.69) is 19.9 Å². The molecule has 11 heteroatoms. The minimum absolute atomic E-state index is 0.143. The van der Waals surface area contributed by atoms with E-state index in [1.807, 2.05) is 62.4 Å². The maximum absolute atomic E-state index is 12.5. The molecule has 4 aromatic rings. The zero-order valence-electron chi connectivity index (χ0n) is 24.8. The number of aromatic nitrogens is 4. The number of nitrogens with one attached hydrogen (secondary N) is 4. The molecule has 0 aliphatic heterocycles. The van der Waals surface area contributed by atoms with Gasteiger partial charge in [-0.25, -0.2) is 19.6 Å². The molecule has 2 aromatic heterocycles. The number of hydrogen-bond donors (Lipinski definition) is 5. The number of benzene rings is 2. The van der Waals surface area contributed by atoms with Gasteiger partial charge in [0.1, 0.15) is 40.2 Å². The van der Waals surface area contributed by atoms with Gasteiger partial charge in [0, 0.05) is 5.56 Å². The highest BCUT2D eigenvalue weighted by Crippen LogP contribution is 2.30. The number of carbonyl (C=O) groups is 2. The van der Waals surface area contributed by atoms with Crippen LogP contribution in [-0.2, 0) is 14.3 Å². The summed E-state index contributed by atoms with van der Waals surface area (Å²) in [5.41, 5.74) is 1.87. The zero-order valence-corrected chi connectivity index (χ0v) is 24.8. The van der Waals surface area contributed by atoms with Crippen molar-refractivity contribution in [3.8, 4) is 34.0 Å². The van der Waals surface area contributed by atoms with E-state index in [0.29, 0.717) is 41.7 Å². The normalized spacial score (nSPS) is 12.8. The molecule has 11 nitrogen and oxygen atoms in total. The van der Waals surface area contributed by atoms with Gasteiger partial charge in [-0.05, 0) is 75.6 Å². The predicted molar refractivity (Wildman–Crippen MR) is 163 cm³/mol. The second-order valence-corrected chi connectivity index (χ2v) is 11.1. The number of ether oxygens (including phenoxy) is 2. The fourth-order valence-electron chi connectivity index (χ4n) is 4.58. The molecule has 2 heterocycles. The molecule has 2 atom stereocenters. The van der Waals surface area contributed by atoms with Crippen LogP contribution in [0.2, 0.25) is 0 Å². The summed E-state index contributed by atoms with van der Waals surface area (Å²) < 4.78 is 11.5. The monoisotopic (exact) mass is 584 g/mol. The summed E-state index contributed by atoms with van der Waals surface area (Å²) in [6.07, 6.45) is 4.26. The highest BCUT2D eigenvalue weighted by Gasteiger charge is 2.28. The van der Waals surface area contributed by atoms with Crippen LogP contribution in [0.4, 0.5) is 0 Å². The van der Waals surface area contributed by atoms with Crippen molar-refractivity contribution in [1.29, 1.82) is 10.8 Å². The van der Waals surface area contributed by atoms with Crippen molar-refractivity contribution >= 4 is 23.4 Å². The van der Waals surface area contributed by atoms with E-state index in [0.717, 1.165) is 16.8 Å². The Labute approximate surface area is 249 Å². The van der Waals surface area contributed by atoms with Gasteiger partial charge in [0.2, 0.25) is 0 Å². The van der Waals surface area contributed by atoms with E-state index in [9.17, 15) is 14.7 Å². The van der Waals surface area contributed by atoms with Gasteiger partial charge in [0.15, 0.2) is 0 Å². The van der Waals surface area contributed by atoms with Crippen molar-refractivity contribution in [1.82, 2.24) is 19.9 Å². The smallest absolute Gasteiger partial charge is 0.353 e. The molecule has 0 amide bonds. The summed E-state index contributed by atoms with van der Waals surface area (Å²) >= 11 is 0. The number of H-pyrrole nitrogens is 2. The van der Waals surface area contributed by atoms with Crippen molar-refractivity contribution in [3.63, 3.8) is 0 Å². The third-order valence-corrected chi connectivity index (χ3v) is 6.76. The quantitative estimate of drug-likeness (QED) is 0.0906. The van der Waals surface area contributed by atoms with Crippen molar-refractivity contribution in [2.45, 2.75) is 64.9 Å². The molecule has 2 aromatic carbocycles. The highest BCUT2D eigenvalue weighted by atomic mass is 16.6. The number of aromatic amines is 2. The molecule has 0 aliphatic rings. The fraction of sp³-hybridized carbons (Fsp3) is 0.312. The van der Waals surface area contributed by atoms with Crippen LogP contribution >= 0.6 is 0 Å². The maximum atomic E-state index is 12.5. The first-order chi connectivity index (χ1) is 20.4. The summed E-state index contributed by atoms with van der Waals surface area (Å²) in [5, 5.41) is 25.4. The molecular weight excluding hydrogens is 548 g/mol. The van der Waals surface area contributed by atoms with Crippen LogP contribution in [0, 0.1) is 10.8 Å². The minimum atomic E-state index is -1.26. The molecule has 4 rings (SSSR count). The molecule has 0 saturated carbocycles. The molecule has 0 fully saturated rings. The Bertz CT molecular complexity index is 1630. The molecule has 0 saturated heterocycles. The van der Waals surface area contributed by atoms with Gasteiger partial charge in [-0.1, -0.05) is 26.0 Å². The molecule has 43 heavy (non-hydrogen) atoms. The van der Waals surface area contributed by atoms with Gasteiger partial charge in [0.25, 0.3) is 0 Å². The van der Waals surface area contributed by atoms with E-state index in [-0.39, 0.29) is 5.71 Å². The Balaban J connectivity index is 1.46. The second kappa shape index (κ2) is 12.8. The van der Waals surface area contributed by atoms with E-state index >= 15 is 0 Å². The standard InChI is InChI=1S/C32H36N6O5/c1-6-22(26(33)30(39)40)28-35-16-24(37-28)18-11-13-20(14-12-18)42-21-10-8-9-19(15-21)25-17-36-29(38-25)23(7-2)27(34)31(41)43-32(3,4)5/h8-17,22-23,33-34H,6-7H2,1-5H3,(H,35,37)(H,36,38)(H,39,40). The van der Waals surface area contributed by atoms with Crippen LogP contribution in [0.1, 0.15) is 70.9 Å². The lowest BCUT2D eigenvalue weighted by Gasteiger charge is -2.21. The largest absolute Gasteiger partial charge is 0.477 e. The van der Waals surface area contributed by atoms with Crippen LogP contribution in [0.5, 0.6) is 11.5 Å². The molecular formula is C32H36N6O5. The van der Waals surface area contributed by atoms with E-state index < -0.39 is 35.1 Å². The van der Waals surface area contributed by atoms with Crippen LogP contribution in [0.15, 0.2) is 60.9 Å². The van der Waals surface area contributed by atoms with E-state index in [1.165, 1.54) is 0 Å². The number of carbonyl (C=O) groups excluding carboxylic acids is 1. The lowest BCUT2D eigenvalue weighted by atomic mass is 9.99. The molecule has 0 radical (unpaired) electrons. The Morgan fingerprint density at radius 1 is 0.837 bits per heavy atom. The van der Waals surface area contributed by atoms with Crippen molar-refractivity contribution < 1.29 is 24.2 Å². The Kier molecular flexibility index (Phi) is 9.23. The van der Waals surface area contributed by atoms with Gasteiger partial charge in [-0.15, -0.1) is 0 Å². The Morgan fingerprint density at radius 2 is 1.40 bits per heavy atom. The summed E-state index contributed by atoms with van der Waals surface area (Å²) in [5.74, 6) is -0.874. The van der Waals surface area contributed by atoms with E-state index in [1.54, 1.807) is 33.2 Å². The fourth-order valence-corrected chi connectivity index (χ4v) is 4.58. The van der Waals surface area contributed by atoms with Crippen LogP contribution < -0.4 is 4.74 Å². The lowest BCUT2D eigenvalue weighted by molar-refractivity contribution is -0.146. The molecule has 224 valence electrons. The molecule has 2 unspecified atom stereocenters. The number of carboxylic acid groups (broad SMARTS) is 1. The van der Waals surface area contributed by atoms with Gasteiger partial charge in [0.05, 0.1) is 35.6 Å². The minimum Gasteiger partial charge on any atom is -0.477 e. The summed E-state index contributed by atoms with van der Waals surface area (Å²) in [6.45, 7) is 9.01.